The summed E-state index contributed by atoms with van der Waals surface area (Å²) in [4.78, 5) is 35.2. The molecule has 1 unspecified atom stereocenters. The number of hydrogen-bond donors (Lipinski definition) is 1. The first-order chi connectivity index (χ1) is 10.0. The van der Waals surface area contributed by atoms with Crippen molar-refractivity contribution in [3.8, 4) is 12.3 Å². The maximum absolute atomic E-state index is 11.8. The molecule has 5 heteroatoms. The molecule has 21 heavy (non-hydrogen) atoms. The summed E-state index contributed by atoms with van der Waals surface area (Å²) in [6.07, 6.45) is 10.8. The van der Waals surface area contributed by atoms with E-state index in [1.165, 1.54) is 6.92 Å². The van der Waals surface area contributed by atoms with E-state index in [4.69, 9.17) is 6.42 Å². The van der Waals surface area contributed by atoms with E-state index in [1.54, 1.807) is 11.9 Å². The van der Waals surface area contributed by atoms with Gasteiger partial charge in [-0.25, -0.2) is 0 Å². The fourth-order valence-corrected chi connectivity index (χ4v) is 1.92. The number of terminal acetylenes is 1. The first-order valence-electron chi connectivity index (χ1n) is 7.40. The molecular weight excluding hydrogens is 268 g/mol. The molecule has 0 radical (unpaired) electrons. The van der Waals surface area contributed by atoms with Gasteiger partial charge in [0.2, 0.25) is 12.3 Å². The van der Waals surface area contributed by atoms with Crippen LogP contribution >= 0.6 is 0 Å². The summed E-state index contributed by atoms with van der Waals surface area (Å²) in [5, 5.41) is 2.77. The van der Waals surface area contributed by atoms with Gasteiger partial charge in [0.05, 0.1) is 6.04 Å². The lowest BCUT2D eigenvalue weighted by Crippen LogP contribution is -2.39. The Hall–Kier alpha value is -1.83. The molecule has 0 aliphatic rings. The Morgan fingerprint density at radius 3 is 2.57 bits per heavy atom. The van der Waals surface area contributed by atoms with Crippen LogP contribution in [0.2, 0.25) is 0 Å². The van der Waals surface area contributed by atoms with E-state index >= 15 is 0 Å². The van der Waals surface area contributed by atoms with Crippen molar-refractivity contribution in [1.29, 1.82) is 0 Å². The molecule has 0 fully saturated rings. The minimum atomic E-state index is -0.409. The lowest BCUT2D eigenvalue weighted by atomic mass is 10.0. The van der Waals surface area contributed by atoms with Crippen LogP contribution in [0.25, 0.3) is 0 Å². The second-order valence-corrected chi connectivity index (χ2v) is 5.22. The Morgan fingerprint density at radius 1 is 1.29 bits per heavy atom. The highest BCUT2D eigenvalue weighted by Gasteiger charge is 2.16. The van der Waals surface area contributed by atoms with Crippen LogP contribution in [0.3, 0.4) is 0 Å². The average molecular weight is 294 g/mol. The molecule has 0 aliphatic heterocycles. The van der Waals surface area contributed by atoms with Crippen molar-refractivity contribution >= 4 is 18.1 Å². The third-order valence-electron chi connectivity index (χ3n) is 3.23. The standard InChI is InChI=1S/C16H26N2O3/c1-4-5-6-7-10-15(14(2)20)17-16(21)11-8-9-12-18(3)13-19/h1,13,15H,5-12H2,2-3H3,(H,17,21). The number of unbranched alkanes of at least 4 members (excludes halogenated alkanes) is 3. The minimum Gasteiger partial charge on any atom is -0.348 e. The van der Waals surface area contributed by atoms with Gasteiger partial charge in [-0.3, -0.25) is 14.4 Å². The van der Waals surface area contributed by atoms with E-state index in [1.807, 2.05) is 0 Å². The van der Waals surface area contributed by atoms with Gasteiger partial charge in [0, 0.05) is 26.4 Å². The smallest absolute Gasteiger partial charge is 0.220 e. The first-order valence-corrected chi connectivity index (χ1v) is 7.40. The van der Waals surface area contributed by atoms with Gasteiger partial charge >= 0.3 is 0 Å². The fraction of sp³-hybridized carbons (Fsp3) is 0.688. The zero-order valence-electron chi connectivity index (χ0n) is 13.1. The molecule has 0 aromatic heterocycles. The predicted octanol–water partition coefficient (Wildman–Crippen LogP) is 1.51. The van der Waals surface area contributed by atoms with E-state index in [0.717, 1.165) is 25.7 Å². The third kappa shape index (κ3) is 10.6. The number of carbonyl (C=O) groups excluding carboxylic acids is 3. The molecule has 0 aromatic rings. The molecule has 2 amide bonds. The van der Waals surface area contributed by atoms with Crippen LogP contribution in [0.1, 0.15) is 51.9 Å². The number of Topliss-reactive ketones (excluding diaryl/α,β-unsaturated/α-hetero) is 1. The van der Waals surface area contributed by atoms with Crippen LogP contribution in [-0.2, 0) is 14.4 Å². The Bertz CT molecular complexity index is 374. The number of ketones is 1. The molecule has 0 rings (SSSR count). The van der Waals surface area contributed by atoms with Crippen molar-refractivity contribution in [2.24, 2.45) is 0 Å². The van der Waals surface area contributed by atoms with Crippen LogP contribution in [0.4, 0.5) is 0 Å². The number of hydrogen-bond acceptors (Lipinski definition) is 3. The summed E-state index contributed by atoms with van der Waals surface area (Å²) in [6.45, 7) is 2.13. The van der Waals surface area contributed by atoms with Gasteiger partial charge in [-0.1, -0.05) is 6.42 Å². The quantitative estimate of drug-likeness (QED) is 0.337. The molecular formula is C16H26N2O3. The summed E-state index contributed by atoms with van der Waals surface area (Å²) < 4.78 is 0. The number of amides is 2. The van der Waals surface area contributed by atoms with Crippen molar-refractivity contribution in [2.45, 2.75) is 57.9 Å². The number of rotatable bonds is 12. The van der Waals surface area contributed by atoms with Crippen LogP contribution in [0.15, 0.2) is 0 Å². The van der Waals surface area contributed by atoms with Crippen molar-refractivity contribution in [3.63, 3.8) is 0 Å². The van der Waals surface area contributed by atoms with Crippen molar-refractivity contribution in [1.82, 2.24) is 10.2 Å². The predicted molar refractivity (Wildman–Crippen MR) is 82.5 cm³/mol. The molecule has 0 saturated heterocycles. The second kappa shape index (κ2) is 12.0. The molecule has 0 heterocycles. The second-order valence-electron chi connectivity index (χ2n) is 5.22. The summed E-state index contributed by atoms with van der Waals surface area (Å²) in [7, 11) is 1.70. The highest BCUT2D eigenvalue weighted by atomic mass is 16.2. The van der Waals surface area contributed by atoms with Crippen molar-refractivity contribution in [3.05, 3.63) is 0 Å². The lowest BCUT2D eigenvalue weighted by Gasteiger charge is -2.16. The summed E-state index contributed by atoms with van der Waals surface area (Å²) >= 11 is 0. The van der Waals surface area contributed by atoms with Crippen LogP contribution in [-0.4, -0.2) is 42.6 Å². The Labute approximate surface area is 127 Å². The maximum Gasteiger partial charge on any atom is 0.220 e. The zero-order chi connectivity index (χ0) is 16.1. The van der Waals surface area contributed by atoms with Gasteiger partial charge in [-0.2, -0.15) is 0 Å². The highest BCUT2D eigenvalue weighted by molar-refractivity contribution is 5.87. The van der Waals surface area contributed by atoms with Crippen LogP contribution in [0, 0.1) is 12.3 Å². The molecule has 0 bridgehead atoms. The van der Waals surface area contributed by atoms with E-state index < -0.39 is 6.04 Å². The molecule has 118 valence electrons. The van der Waals surface area contributed by atoms with Gasteiger partial charge in [0.1, 0.15) is 0 Å². The van der Waals surface area contributed by atoms with Gasteiger partial charge in [0.25, 0.3) is 0 Å². The summed E-state index contributed by atoms with van der Waals surface area (Å²) in [5.74, 6) is 2.42. The van der Waals surface area contributed by atoms with E-state index in [2.05, 4.69) is 11.2 Å². The molecule has 0 aromatic carbocycles. The van der Waals surface area contributed by atoms with Gasteiger partial charge in [-0.15, -0.1) is 12.3 Å². The molecule has 5 nitrogen and oxygen atoms in total. The van der Waals surface area contributed by atoms with Gasteiger partial charge in [-0.05, 0) is 32.6 Å². The first kappa shape index (κ1) is 19.2. The monoisotopic (exact) mass is 294 g/mol. The van der Waals surface area contributed by atoms with Gasteiger partial charge in [0.15, 0.2) is 5.78 Å². The number of nitrogens with one attached hydrogen (secondary N) is 1. The minimum absolute atomic E-state index is 0.0234. The zero-order valence-corrected chi connectivity index (χ0v) is 13.1. The van der Waals surface area contributed by atoms with Crippen LogP contribution in [0.5, 0.6) is 0 Å². The number of nitrogens with zero attached hydrogens (tertiary/aromatic N) is 1. The van der Waals surface area contributed by atoms with E-state index in [9.17, 15) is 14.4 Å². The van der Waals surface area contributed by atoms with E-state index in [0.29, 0.717) is 32.2 Å². The summed E-state index contributed by atoms with van der Waals surface area (Å²) in [6, 6.07) is -0.409. The number of carbonyl (C=O) groups is 3. The molecule has 1 N–H and O–H groups in total. The molecule has 0 spiro atoms. The topological polar surface area (TPSA) is 66.5 Å². The highest BCUT2D eigenvalue weighted by Crippen LogP contribution is 2.05. The average Bonchev–Trinajstić information content (AvgIpc) is 2.46. The van der Waals surface area contributed by atoms with E-state index in [-0.39, 0.29) is 11.7 Å². The third-order valence-corrected chi connectivity index (χ3v) is 3.23. The van der Waals surface area contributed by atoms with Crippen LogP contribution < -0.4 is 5.32 Å². The maximum atomic E-state index is 11.8. The molecule has 1 atom stereocenters. The lowest BCUT2D eigenvalue weighted by molar-refractivity contribution is -0.127. The van der Waals surface area contributed by atoms with Gasteiger partial charge < -0.3 is 10.2 Å². The Kier molecular flexibility index (Phi) is 10.9. The summed E-state index contributed by atoms with van der Waals surface area (Å²) in [5.41, 5.74) is 0. The normalized spacial score (nSPS) is 11.3. The SMILES string of the molecule is C#CCCCCC(NC(=O)CCCCN(C)C=O)C(C)=O. The van der Waals surface area contributed by atoms with Crippen molar-refractivity contribution in [2.75, 3.05) is 13.6 Å². The molecule has 0 saturated carbocycles. The largest absolute Gasteiger partial charge is 0.348 e. The Morgan fingerprint density at radius 2 is 2.00 bits per heavy atom. The van der Waals surface area contributed by atoms with Crippen molar-refractivity contribution < 1.29 is 14.4 Å². The molecule has 0 aliphatic carbocycles. The fourth-order valence-electron chi connectivity index (χ4n) is 1.92. The Balaban J connectivity index is 3.92.